The number of rotatable bonds is 3. The molecule has 4 nitrogen and oxygen atoms in total. The first-order valence-electron chi connectivity index (χ1n) is 6.33. The Hall–Kier alpha value is -2.10. The predicted octanol–water partition coefficient (Wildman–Crippen LogP) is 2.51. The topological polar surface area (TPSA) is 38.1 Å². The third-order valence-corrected chi connectivity index (χ3v) is 3.09. The van der Waals surface area contributed by atoms with Gasteiger partial charge in [0.2, 0.25) is 5.91 Å². The maximum atomic E-state index is 12.1. The summed E-state index contributed by atoms with van der Waals surface area (Å²) in [5.41, 5.74) is 2.96. The number of aryl methyl sites for hydroxylation is 1. The molecule has 100 valence electrons. The first-order valence-corrected chi connectivity index (χ1v) is 6.33. The van der Waals surface area contributed by atoms with Gasteiger partial charge < -0.3 is 4.90 Å². The Kier molecular flexibility index (Phi) is 3.69. The third-order valence-electron chi connectivity index (χ3n) is 3.09. The van der Waals surface area contributed by atoms with Gasteiger partial charge in [0.25, 0.3) is 0 Å². The van der Waals surface area contributed by atoms with Crippen LogP contribution in [0.5, 0.6) is 0 Å². The highest BCUT2D eigenvalue weighted by Gasteiger charge is 2.21. The molecule has 0 radical (unpaired) electrons. The van der Waals surface area contributed by atoms with Gasteiger partial charge in [-0.2, -0.15) is 5.10 Å². The van der Waals surface area contributed by atoms with E-state index >= 15 is 0 Å². The Morgan fingerprint density at radius 2 is 1.89 bits per heavy atom. The van der Waals surface area contributed by atoms with Crippen molar-refractivity contribution in [3.63, 3.8) is 0 Å². The second kappa shape index (κ2) is 5.26. The molecule has 0 N–H and O–H groups in total. The lowest BCUT2D eigenvalue weighted by Crippen LogP contribution is -2.30. The molecule has 0 aliphatic carbocycles. The number of likely N-dealkylation sites (N-methyl/N-ethyl adjacent to an activating group) is 1. The van der Waals surface area contributed by atoms with Crippen molar-refractivity contribution in [3.05, 3.63) is 42.1 Å². The molecule has 0 fully saturated rings. The van der Waals surface area contributed by atoms with Gasteiger partial charge >= 0.3 is 0 Å². The molecule has 1 heterocycles. The van der Waals surface area contributed by atoms with E-state index in [1.807, 2.05) is 50.2 Å². The fraction of sp³-hybridized carbons (Fsp3) is 0.333. The van der Waals surface area contributed by atoms with Gasteiger partial charge in [-0.05, 0) is 25.5 Å². The van der Waals surface area contributed by atoms with Gasteiger partial charge in [0, 0.05) is 14.1 Å². The van der Waals surface area contributed by atoms with Gasteiger partial charge in [-0.1, -0.05) is 30.3 Å². The minimum atomic E-state index is -0.307. The van der Waals surface area contributed by atoms with Crippen molar-refractivity contribution >= 4 is 5.91 Å². The maximum absolute atomic E-state index is 12.1. The first-order chi connectivity index (χ1) is 9.00. The molecular weight excluding hydrogens is 238 g/mol. The van der Waals surface area contributed by atoms with Crippen molar-refractivity contribution in [2.45, 2.75) is 19.9 Å². The van der Waals surface area contributed by atoms with Crippen LogP contribution in [0.4, 0.5) is 0 Å². The largest absolute Gasteiger partial charge is 0.347 e. The number of aromatic nitrogens is 2. The average molecular weight is 257 g/mol. The van der Waals surface area contributed by atoms with Crippen molar-refractivity contribution in [2.24, 2.45) is 0 Å². The molecule has 0 saturated carbocycles. The average Bonchev–Trinajstić information content (AvgIpc) is 2.80. The summed E-state index contributed by atoms with van der Waals surface area (Å²) in [6.45, 7) is 3.82. The van der Waals surface area contributed by atoms with E-state index in [0.717, 1.165) is 17.0 Å². The number of carbonyl (C=O) groups excluding carboxylic acids is 1. The molecule has 0 aliphatic heterocycles. The monoisotopic (exact) mass is 257 g/mol. The van der Waals surface area contributed by atoms with Crippen LogP contribution in [0.1, 0.15) is 18.7 Å². The van der Waals surface area contributed by atoms with Crippen LogP contribution in [0, 0.1) is 6.92 Å². The van der Waals surface area contributed by atoms with Gasteiger partial charge in [-0.3, -0.25) is 9.48 Å². The fourth-order valence-electron chi connectivity index (χ4n) is 2.11. The SMILES string of the molecule is Cc1cc(-c2ccccc2)n(C(C)C(=O)N(C)C)n1. The third kappa shape index (κ3) is 2.67. The summed E-state index contributed by atoms with van der Waals surface area (Å²) in [5, 5.41) is 4.46. The second-order valence-corrected chi connectivity index (χ2v) is 4.89. The summed E-state index contributed by atoms with van der Waals surface area (Å²) in [6.07, 6.45) is 0. The van der Waals surface area contributed by atoms with E-state index in [9.17, 15) is 4.79 Å². The first kappa shape index (κ1) is 13.3. The molecule has 4 heteroatoms. The minimum Gasteiger partial charge on any atom is -0.347 e. The Labute approximate surface area is 113 Å². The van der Waals surface area contributed by atoms with Gasteiger partial charge in [0.15, 0.2) is 0 Å². The van der Waals surface area contributed by atoms with Crippen LogP contribution in [-0.2, 0) is 4.79 Å². The normalized spacial score (nSPS) is 12.2. The molecule has 2 aromatic rings. The molecule has 0 aliphatic rings. The van der Waals surface area contributed by atoms with Crippen molar-refractivity contribution < 1.29 is 4.79 Å². The van der Waals surface area contributed by atoms with Crippen LogP contribution < -0.4 is 0 Å². The molecule has 1 unspecified atom stereocenters. The summed E-state index contributed by atoms with van der Waals surface area (Å²) < 4.78 is 1.80. The van der Waals surface area contributed by atoms with Gasteiger partial charge in [0.1, 0.15) is 6.04 Å². The Bertz CT molecular complexity index is 572. The van der Waals surface area contributed by atoms with Crippen LogP contribution in [0.15, 0.2) is 36.4 Å². The van der Waals surface area contributed by atoms with E-state index in [0.29, 0.717) is 0 Å². The summed E-state index contributed by atoms with van der Waals surface area (Å²) in [7, 11) is 3.52. The van der Waals surface area contributed by atoms with Gasteiger partial charge in [0.05, 0.1) is 11.4 Å². The standard InChI is InChI=1S/C15H19N3O/c1-11-10-14(13-8-6-5-7-9-13)18(16-11)12(2)15(19)17(3)4/h5-10,12H,1-4H3. The lowest BCUT2D eigenvalue weighted by molar-refractivity contribution is -0.131. The quantitative estimate of drug-likeness (QED) is 0.847. The van der Waals surface area contributed by atoms with E-state index in [1.54, 1.807) is 23.7 Å². The van der Waals surface area contributed by atoms with Crippen molar-refractivity contribution in [2.75, 3.05) is 14.1 Å². The fourth-order valence-corrected chi connectivity index (χ4v) is 2.11. The van der Waals surface area contributed by atoms with E-state index in [2.05, 4.69) is 5.10 Å². The van der Waals surface area contributed by atoms with E-state index in [-0.39, 0.29) is 11.9 Å². The summed E-state index contributed by atoms with van der Waals surface area (Å²) in [6, 6.07) is 11.7. The lowest BCUT2D eigenvalue weighted by Gasteiger charge is -2.19. The highest BCUT2D eigenvalue weighted by atomic mass is 16.2. The molecule has 19 heavy (non-hydrogen) atoms. The Morgan fingerprint density at radius 1 is 1.26 bits per heavy atom. The van der Waals surface area contributed by atoms with Crippen LogP contribution in [-0.4, -0.2) is 34.7 Å². The summed E-state index contributed by atoms with van der Waals surface area (Å²) >= 11 is 0. The lowest BCUT2D eigenvalue weighted by atomic mass is 10.1. The van der Waals surface area contributed by atoms with Crippen LogP contribution in [0.25, 0.3) is 11.3 Å². The van der Waals surface area contributed by atoms with Gasteiger partial charge in [-0.15, -0.1) is 0 Å². The number of amides is 1. The molecule has 1 amide bonds. The van der Waals surface area contributed by atoms with E-state index in [1.165, 1.54) is 0 Å². The molecule has 1 aromatic heterocycles. The number of benzene rings is 1. The minimum absolute atomic E-state index is 0.0419. The van der Waals surface area contributed by atoms with Crippen LogP contribution >= 0.6 is 0 Å². The summed E-state index contributed by atoms with van der Waals surface area (Å²) in [4.78, 5) is 13.7. The molecule has 2 rings (SSSR count). The molecule has 0 spiro atoms. The van der Waals surface area contributed by atoms with Gasteiger partial charge in [-0.25, -0.2) is 0 Å². The highest BCUT2D eigenvalue weighted by Crippen LogP contribution is 2.24. The van der Waals surface area contributed by atoms with Crippen LogP contribution in [0.3, 0.4) is 0 Å². The van der Waals surface area contributed by atoms with Crippen molar-refractivity contribution in [1.82, 2.24) is 14.7 Å². The number of carbonyl (C=O) groups is 1. The second-order valence-electron chi connectivity index (χ2n) is 4.89. The van der Waals surface area contributed by atoms with Crippen LogP contribution in [0.2, 0.25) is 0 Å². The maximum Gasteiger partial charge on any atom is 0.246 e. The highest BCUT2D eigenvalue weighted by molar-refractivity contribution is 5.80. The number of hydrogen-bond acceptors (Lipinski definition) is 2. The number of hydrogen-bond donors (Lipinski definition) is 0. The van der Waals surface area contributed by atoms with Crippen molar-refractivity contribution in [1.29, 1.82) is 0 Å². The Morgan fingerprint density at radius 3 is 2.47 bits per heavy atom. The smallest absolute Gasteiger partial charge is 0.246 e. The zero-order valence-corrected chi connectivity index (χ0v) is 11.8. The summed E-state index contributed by atoms with van der Waals surface area (Å²) in [5.74, 6) is 0.0419. The molecule has 1 aromatic carbocycles. The zero-order valence-electron chi connectivity index (χ0n) is 11.8. The zero-order chi connectivity index (χ0) is 14.0. The predicted molar refractivity (Wildman–Crippen MR) is 75.8 cm³/mol. The van der Waals surface area contributed by atoms with E-state index in [4.69, 9.17) is 0 Å². The number of nitrogens with zero attached hydrogens (tertiary/aromatic N) is 3. The molecule has 1 atom stereocenters. The molecule has 0 bridgehead atoms. The van der Waals surface area contributed by atoms with Crippen molar-refractivity contribution in [3.8, 4) is 11.3 Å². The Balaban J connectivity index is 2.45. The molecule has 0 saturated heterocycles. The molecular formula is C15H19N3O. The van der Waals surface area contributed by atoms with E-state index < -0.39 is 0 Å².